The molecule has 28 heavy (non-hydrogen) atoms. The summed E-state index contributed by atoms with van der Waals surface area (Å²) in [5.41, 5.74) is 1.83. The Labute approximate surface area is 162 Å². The summed E-state index contributed by atoms with van der Waals surface area (Å²) < 4.78 is 0. The van der Waals surface area contributed by atoms with Gasteiger partial charge in [-0.3, -0.25) is 14.9 Å². The first kappa shape index (κ1) is 19.1. The molecule has 8 nitrogen and oxygen atoms in total. The van der Waals surface area contributed by atoms with E-state index in [2.05, 4.69) is 10.6 Å². The highest BCUT2D eigenvalue weighted by Crippen LogP contribution is 2.17. The Morgan fingerprint density at radius 3 is 2.29 bits per heavy atom. The second-order valence-corrected chi connectivity index (χ2v) is 6.38. The number of carbonyl (C=O) groups is 2. The molecular formula is C20H20N4O4. The molecule has 0 atom stereocenters. The Kier molecular flexibility index (Phi) is 6.01. The summed E-state index contributed by atoms with van der Waals surface area (Å²) in [7, 11) is 0. The van der Waals surface area contributed by atoms with Crippen LogP contribution in [0.3, 0.4) is 0 Å². The number of nitro groups is 1. The van der Waals surface area contributed by atoms with Crippen molar-refractivity contribution in [2.45, 2.75) is 12.8 Å². The van der Waals surface area contributed by atoms with Gasteiger partial charge in [0.15, 0.2) is 0 Å². The van der Waals surface area contributed by atoms with Crippen LogP contribution in [0.4, 0.5) is 21.9 Å². The molecule has 2 aromatic rings. The van der Waals surface area contributed by atoms with E-state index in [1.165, 1.54) is 18.2 Å². The van der Waals surface area contributed by atoms with Crippen LogP contribution in [0.25, 0.3) is 6.08 Å². The van der Waals surface area contributed by atoms with E-state index in [4.69, 9.17) is 0 Å². The summed E-state index contributed by atoms with van der Waals surface area (Å²) in [6, 6.07) is 12.7. The van der Waals surface area contributed by atoms with Gasteiger partial charge in [0.2, 0.25) is 5.91 Å². The molecule has 1 aliphatic heterocycles. The monoisotopic (exact) mass is 380 g/mol. The first-order chi connectivity index (χ1) is 13.5. The fraction of sp³-hybridized carbons (Fsp3) is 0.200. The van der Waals surface area contributed by atoms with Crippen LogP contribution in [0.15, 0.2) is 54.6 Å². The molecule has 3 amide bonds. The first-order valence-electron chi connectivity index (χ1n) is 8.91. The van der Waals surface area contributed by atoms with Gasteiger partial charge in [0.05, 0.1) is 4.92 Å². The summed E-state index contributed by atoms with van der Waals surface area (Å²) >= 11 is 0. The van der Waals surface area contributed by atoms with Crippen LogP contribution in [-0.2, 0) is 4.79 Å². The van der Waals surface area contributed by atoms with Crippen molar-refractivity contribution in [1.29, 1.82) is 0 Å². The SMILES string of the molecule is O=C(/C=C/c1ccc([N+](=O)[O-])cc1)Nc1cccc(NC(=O)N2CCCC2)c1. The number of hydrogen-bond acceptors (Lipinski definition) is 4. The normalized spacial score (nSPS) is 13.5. The number of rotatable bonds is 5. The van der Waals surface area contributed by atoms with Crippen LogP contribution in [-0.4, -0.2) is 34.9 Å². The van der Waals surface area contributed by atoms with Gasteiger partial charge < -0.3 is 15.5 Å². The van der Waals surface area contributed by atoms with Crippen LogP contribution >= 0.6 is 0 Å². The molecular weight excluding hydrogens is 360 g/mol. The number of urea groups is 1. The Bertz CT molecular complexity index is 903. The van der Waals surface area contributed by atoms with Gasteiger partial charge in [-0.25, -0.2) is 4.79 Å². The highest BCUT2D eigenvalue weighted by atomic mass is 16.6. The fourth-order valence-corrected chi connectivity index (χ4v) is 2.86. The number of carbonyl (C=O) groups excluding carboxylic acids is 2. The number of amides is 3. The lowest BCUT2D eigenvalue weighted by atomic mass is 10.2. The fourth-order valence-electron chi connectivity index (χ4n) is 2.86. The van der Waals surface area contributed by atoms with Gasteiger partial charge in [-0.05, 0) is 54.8 Å². The van der Waals surface area contributed by atoms with Gasteiger partial charge in [0, 0.05) is 42.7 Å². The number of benzene rings is 2. The lowest BCUT2D eigenvalue weighted by Crippen LogP contribution is -2.32. The second-order valence-electron chi connectivity index (χ2n) is 6.38. The standard InChI is InChI=1S/C20H20N4O4/c25-19(11-8-15-6-9-18(10-7-15)24(27)28)21-16-4-3-5-17(14-16)22-20(26)23-12-1-2-13-23/h3-11,14H,1-2,12-13H2,(H,21,25)(H,22,26)/b11-8+. The number of hydrogen-bond donors (Lipinski definition) is 2. The van der Waals surface area contributed by atoms with Crippen molar-refractivity contribution < 1.29 is 14.5 Å². The Morgan fingerprint density at radius 1 is 1.00 bits per heavy atom. The zero-order chi connectivity index (χ0) is 19.9. The summed E-state index contributed by atoms with van der Waals surface area (Å²) in [5, 5.41) is 16.2. The van der Waals surface area contributed by atoms with E-state index in [1.54, 1.807) is 47.4 Å². The molecule has 0 unspecified atom stereocenters. The smallest absolute Gasteiger partial charge is 0.321 e. The summed E-state index contributed by atoms with van der Waals surface area (Å²) in [4.78, 5) is 36.2. The van der Waals surface area contributed by atoms with E-state index in [0.717, 1.165) is 25.9 Å². The molecule has 2 N–H and O–H groups in total. The van der Waals surface area contributed by atoms with Crippen molar-refractivity contribution in [2.24, 2.45) is 0 Å². The van der Waals surface area contributed by atoms with Gasteiger partial charge in [0.25, 0.3) is 5.69 Å². The molecule has 1 heterocycles. The van der Waals surface area contributed by atoms with Gasteiger partial charge in [-0.1, -0.05) is 6.07 Å². The topological polar surface area (TPSA) is 105 Å². The predicted molar refractivity (Wildman–Crippen MR) is 107 cm³/mol. The van der Waals surface area contributed by atoms with Crippen molar-refractivity contribution >= 4 is 35.1 Å². The zero-order valence-corrected chi connectivity index (χ0v) is 15.1. The van der Waals surface area contributed by atoms with Crippen molar-refractivity contribution in [3.05, 3.63) is 70.3 Å². The molecule has 8 heteroatoms. The third kappa shape index (κ3) is 5.16. The van der Waals surface area contributed by atoms with Crippen LogP contribution in [0, 0.1) is 10.1 Å². The summed E-state index contributed by atoms with van der Waals surface area (Å²) in [5.74, 6) is -0.346. The molecule has 1 fully saturated rings. The van der Waals surface area contributed by atoms with Gasteiger partial charge in [-0.2, -0.15) is 0 Å². The number of likely N-dealkylation sites (tertiary alicyclic amines) is 1. The maximum Gasteiger partial charge on any atom is 0.321 e. The van der Waals surface area contributed by atoms with Crippen LogP contribution in [0.1, 0.15) is 18.4 Å². The van der Waals surface area contributed by atoms with Crippen LogP contribution in [0.2, 0.25) is 0 Å². The maximum atomic E-state index is 12.1. The third-order valence-electron chi connectivity index (χ3n) is 4.31. The lowest BCUT2D eigenvalue weighted by Gasteiger charge is -2.16. The number of nitro benzene ring substituents is 1. The van der Waals surface area contributed by atoms with Crippen LogP contribution in [0.5, 0.6) is 0 Å². The highest BCUT2D eigenvalue weighted by molar-refractivity contribution is 6.02. The molecule has 0 radical (unpaired) electrons. The minimum Gasteiger partial charge on any atom is -0.325 e. The zero-order valence-electron chi connectivity index (χ0n) is 15.1. The summed E-state index contributed by atoms with van der Waals surface area (Å²) in [6.07, 6.45) is 4.95. The number of nitrogens with zero attached hydrogens (tertiary/aromatic N) is 2. The predicted octanol–water partition coefficient (Wildman–Crippen LogP) is 3.87. The molecule has 0 saturated carbocycles. The van der Waals surface area contributed by atoms with Crippen molar-refractivity contribution in [1.82, 2.24) is 4.90 Å². The minimum atomic E-state index is -0.476. The van der Waals surface area contributed by atoms with Gasteiger partial charge in [0.1, 0.15) is 0 Å². The first-order valence-corrected chi connectivity index (χ1v) is 8.91. The molecule has 0 bridgehead atoms. The number of nitrogens with one attached hydrogen (secondary N) is 2. The maximum absolute atomic E-state index is 12.1. The van der Waals surface area contributed by atoms with Crippen molar-refractivity contribution in [2.75, 3.05) is 23.7 Å². The quantitative estimate of drug-likeness (QED) is 0.467. The van der Waals surface area contributed by atoms with E-state index in [1.807, 2.05) is 0 Å². The van der Waals surface area contributed by atoms with E-state index in [-0.39, 0.29) is 17.6 Å². The molecule has 1 aliphatic rings. The summed E-state index contributed by atoms with van der Waals surface area (Å²) in [6.45, 7) is 1.52. The molecule has 1 saturated heterocycles. The molecule has 0 spiro atoms. The average Bonchev–Trinajstić information content (AvgIpc) is 3.22. The van der Waals surface area contributed by atoms with E-state index in [9.17, 15) is 19.7 Å². The minimum absolute atomic E-state index is 0.00519. The largest absolute Gasteiger partial charge is 0.325 e. The van der Waals surface area contributed by atoms with Crippen molar-refractivity contribution in [3.8, 4) is 0 Å². The second kappa shape index (κ2) is 8.81. The van der Waals surface area contributed by atoms with Crippen molar-refractivity contribution in [3.63, 3.8) is 0 Å². The molecule has 0 aromatic heterocycles. The van der Waals surface area contributed by atoms with Gasteiger partial charge in [-0.15, -0.1) is 0 Å². The average molecular weight is 380 g/mol. The Hall–Kier alpha value is -3.68. The Morgan fingerprint density at radius 2 is 1.64 bits per heavy atom. The number of non-ortho nitro benzene ring substituents is 1. The molecule has 3 rings (SSSR count). The highest BCUT2D eigenvalue weighted by Gasteiger charge is 2.17. The van der Waals surface area contributed by atoms with Crippen LogP contribution < -0.4 is 10.6 Å². The van der Waals surface area contributed by atoms with E-state index in [0.29, 0.717) is 16.9 Å². The van der Waals surface area contributed by atoms with Gasteiger partial charge >= 0.3 is 6.03 Å². The molecule has 2 aromatic carbocycles. The molecule has 144 valence electrons. The number of anilines is 2. The molecule has 0 aliphatic carbocycles. The van der Waals surface area contributed by atoms with E-state index < -0.39 is 4.92 Å². The Balaban J connectivity index is 1.57. The third-order valence-corrected chi connectivity index (χ3v) is 4.31. The van der Waals surface area contributed by atoms with E-state index >= 15 is 0 Å². The lowest BCUT2D eigenvalue weighted by molar-refractivity contribution is -0.384.